The number of nitrogens with one attached hydrogen (secondary N) is 2. The van der Waals surface area contributed by atoms with Crippen LogP contribution in [-0.2, 0) is 11.3 Å². The molecule has 0 atom stereocenters. The smallest absolute Gasteiger partial charge is 0.251 e. The minimum absolute atomic E-state index is 0. The largest absolute Gasteiger partial charge is 0.370 e. The van der Waals surface area contributed by atoms with Crippen molar-refractivity contribution in [3.8, 4) is 0 Å². The van der Waals surface area contributed by atoms with Gasteiger partial charge in [-0.15, -0.1) is 24.0 Å². The van der Waals surface area contributed by atoms with Crippen LogP contribution in [0.1, 0.15) is 48.0 Å². The van der Waals surface area contributed by atoms with Gasteiger partial charge in [0.15, 0.2) is 5.96 Å². The van der Waals surface area contributed by atoms with Crippen molar-refractivity contribution in [1.29, 1.82) is 0 Å². The van der Waals surface area contributed by atoms with Crippen LogP contribution >= 0.6 is 24.0 Å². The fraction of sp³-hybridized carbons (Fsp3) is 0.471. The van der Waals surface area contributed by atoms with Crippen molar-refractivity contribution >= 4 is 41.8 Å². The van der Waals surface area contributed by atoms with Gasteiger partial charge in [-0.2, -0.15) is 0 Å². The van der Waals surface area contributed by atoms with Gasteiger partial charge in [-0.1, -0.05) is 31.4 Å². The summed E-state index contributed by atoms with van der Waals surface area (Å²) in [5.74, 6) is -0.442. The molecule has 25 heavy (non-hydrogen) atoms. The molecule has 1 saturated carbocycles. The molecular formula is C17H26IN5O2. The number of rotatable bonds is 6. The van der Waals surface area contributed by atoms with E-state index in [-0.39, 0.29) is 36.4 Å². The van der Waals surface area contributed by atoms with Crippen LogP contribution in [0.3, 0.4) is 0 Å². The van der Waals surface area contributed by atoms with Gasteiger partial charge in [0, 0.05) is 11.6 Å². The van der Waals surface area contributed by atoms with E-state index in [0.29, 0.717) is 24.1 Å². The highest BCUT2D eigenvalue weighted by atomic mass is 127. The number of guanidine groups is 1. The number of nitrogens with two attached hydrogens (primary N) is 2. The van der Waals surface area contributed by atoms with Crippen molar-refractivity contribution in [3.05, 3.63) is 35.4 Å². The first kappa shape index (κ1) is 21.2. The summed E-state index contributed by atoms with van der Waals surface area (Å²) in [6, 6.07) is 7.43. The van der Waals surface area contributed by atoms with Gasteiger partial charge in [0.1, 0.15) is 0 Å². The first-order valence-electron chi connectivity index (χ1n) is 8.26. The molecule has 0 aliphatic heterocycles. The number of primary amides is 1. The summed E-state index contributed by atoms with van der Waals surface area (Å²) >= 11 is 0. The fourth-order valence-electron chi connectivity index (χ4n) is 2.71. The number of benzene rings is 1. The summed E-state index contributed by atoms with van der Waals surface area (Å²) < 4.78 is 0. The molecule has 1 aliphatic carbocycles. The van der Waals surface area contributed by atoms with Crippen LogP contribution in [0, 0.1) is 0 Å². The molecule has 7 nitrogen and oxygen atoms in total. The third-order valence-corrected chi connectivity index (χ3v) is 4.03. The van der Waals surface area contributed by atoms with Crippen molar-refractivity contribution < 1.29 is 9.59 Å². The maximum atomic E-state index is 11.8. The van der Waals surface area contributed by atoms with Crippen LogP contribution in [-0.4, -0.2) is 30.4 Å². The lowest BCUT2D eigenvalue weighted by atomic mass is 9.96. The molecule has 0 aromatic heterocycles. The molecule has 1 fully saturated rings. The summed E-state index contributed by atoms with van der Waals surface area (Å²) in [4.78, 5) is 26.8. The molecule has 1 aliphatic rings. The Hall–Kier alpha value is -1.84. The first-order valence-corrected chi connectivity index (χ1v) is 8.26. The molecule has 0 spiro atoms. The van der Waals surface area contributed by atoms with Gasteiger partial charge in [-0.05, 0) is 30.5 Å². The van der Waals surface area contributed by atoms with E-state index < -0.39 is 5.91 Å². The molecule has 138 valence electrons. The molecule has 1 aromatic carbocycles. The lowest BCUT2D eigenvalue weighted by Gasteiger charge is -2.23. The van der Waals surface area contributed by atoms with Crippen LogP contribution in [0.5, 0.6) is 0 Å². The van der Waals surface area contributed by atoms with Crippen molar-refractivity contribution in [2.24, 2.45) is 16.5 Å². The normalized spacial score (nSPS) is 15.1. The van der Waals surface area contributed by atoms with Gasteiger partial charge < -0.3 is 22.1 Å². The van der Waals surface area contributed by atoms with E-state index in [4.69, 9.17) is 11.5 Å². The van der Waals surface area contributed by atoms with Crippen molar-refractivity contribution in [1.82, 2.24) is 10.6 Å². The summed E-state index contributed by atoms with van der Waals surface area (Å²) in [7, 11) is 0. The molecule has 8 heteroatoms. The maximum Gasteiger partial charge on any atom is 0.251 e. The number of aliphatic imine (C=N–C) groups is 1. The van der Waals surface area contributed by atoms with Crippen molar-refractivity contribution in [3.63, 3.8) is 0 Å². The van der Waals surface area contributed by atoms with Gasteiger partial charge in [-0.3, -0.25) is 9.59 Å². The topological polar surface area (TPSA) is 123 Å². The van der Waals surface area contributed by atoms with Crippen LogP contribution < -0.4 is 22.1 Å². The van der Waals surface area contributed by atoms with Crippen LogP contribution in [0.15, 0.2) is 29.3 Å². The van der Waals surface area contributed by atoms with E-state index in [2.05, 4.69) is 15.6 Å². The lowest BCUT2D eigenvalue weighted by Crippen LogP contribution is -2.41. The maximum absolute atomic E-state index is 11.8. The Balaban J connectivity index is 0.00000312. The average Bonchev–Trinajstić information content (AvgIpc) is 2.59. The van der Waals surface area contributed by atoms with Crippen LogP contribution in [0.2, 0.25) is 0 Å². The molecule has 0 heterocycles. The highest BCUT2D eigenvalue weighted by molar-refractivity contribution is 14.0. The lowest BCUT2D eigenvalue weighted by molar-refractivity contribution is -0.117. The second kappa shape index (κ2) is 10.9. The Kier molecular flexibility index (Phi) is 9.25. The highest BCUT2D eigenvalue weighted by Gasteiger charge is 2.13. The Morgan fingerprint density at radius 2 is 1.72 bits per heavy atom. The number of carbonyl (C=O) groups is 2. The molecule has 6 N–H and O–H groups in total. The quantitative estimate of drug-likeness (QED) is 0.291. The zero-order valence-corrected chi connectivity index (χ0v) is 16.5. The van der Waals surface area contributed by atoms with Crippen LogP contribution in [0.4, 0.5) is 0 Å². The predicted octanol–water partition coefficient (Wildman–Crippen LogP) is 1.26. The second-order valence-electron chi connectivity index (χ2n) is 6.03. The van der Waals surface area contributed by atoms with Gasteiger partial charge >= 0.3 is 0 Å². The van der Waals surface area contributed by atoms with E-state index in [0.717, 1.165) is 18.4 Å². The van der Waals surface area contributed by atoms with E-state index in [9.17, 15) is 9.59 Å². The fourth-order valence-corrected chi connectivity index (χ4v) is 2.71. The molecule has 0 bridgehead atoms. The number of halogens is 1. The standard InChI is InChI=1S/C17H25N5O2.HI/c18-15(23)11-20-16(24)13-8-6-12(7-9-13)10-21-17(19)22-14-4-2-1-3-5-14;/h6-9,14H,1-5,10-11H2,(H2,18,23)(H,20,24)(H3,19,21,22);1H. The SMILES string of the molecule is I.NC(=O)CNC(=O)c1ccc(CN=C(N)NC2CCCCC2)cc1. The summed E-state index contributed by atoms with van der Waals surface area (Å²) in [5, 5.41) is 5.71. The van der Waals surface area contributed by atoms with Crippen molar-refractivity contribution in [2.45, 2.75) is 44.7 Å². The summed E-state index contributed by atoms with van der Waals surface area (Å²) in [5.41, 5.74) is 12.3. The van der Waals surface area contributed by atoms with E-state index in [1.54, 1.807) is 12.1 Å². The second-order valence-corrected chi connectivity index (χ2v) is 6.03. The molecule has 1 aromatic rings. The molecule has 0 unspecified atom stereocenters. The Morgan fingerprint density at radius 1 is 1.08 bits per heavy atom. The Morgan fingerprint density at radius 3 is 2.32 bits per heavy atom. The molecule has 2 amide bonds. The molecule has 0 radical (unpaired) electrons. The monoisotopic (exact) mass is 459 g/mol. The van der Waals surface area contributed by atoms with Gasteiger partial charge in [0.25, 0.3) is 5.91 Å². The third-order valence-electron chi connectivity index (χ3n) is 4.03. The van der Waals surface area contributed by atoms with Crippen molar-refractivity contribution in [2.75, 3.05) is 6.54 Å². The van der Waals surface area contributed by atoms with E-state index in [1.807, 2.05) is 12.1 Å². The zero-order chi connectivity index (χ0) is 17.4. The molecule has 0 saturated heterocycles. The number of carbonyl (C=O) groups excluding carboxylic acids is 2. The van der Waals surface area contributed by atoms with E-state index >= 15 is 0 Å². The number of hydrogen-bond donors (Lipinski definition) is 4. The highest BCUT2D eigenvalue weighted by Crippen LogP contribution is 2.17. The molecular weight excluding hydrogens is 433 g/mol. The minimum Gasteiger partial charge on any atom is -0.370 e. The molecule has 2 rings (SSSR count). The van der Waals surface area contributed by atoms with Gasteiger partial charge in [0.2, 0.25) is 5.91 Å². The van der Waals surface area contributed by atoms with Crippen LogP contribution in [0.25, 0.3) is 0 Å². The number of hydrogen-bond acceptors (Lipinski definition) is 3. The zero-order valence-electron chi connectivity index (χ0n) is 14.2. The van der Waals surface area contributed by atoms with Gasteiger partial charge in [0.05, 0.1) is 13.1 Å². The Labute approximate surface area is 165 Å². The third kappa shape index (κ3) is 7.72. The van der Waals surface area contributed by atoms with E-state index in [1.165, 1.54) is 19.3 Å². The van der Waals surface area contributed by atoms with Gasteiger partial charge in [-0.25, -0.2) is 4.99 Å². The first-order chi connectivity index (χ1) is 11.5. The number of amides is 2. The average molecular weight is 459 g/mol. The minimum atomic E-state index is -0.574. The summed E-state index contributed by atoms with van der Waals surface area (Å²) in [6.07, 6.45) is 6.07. The predicted molar refractivity (Wildman–Crippen MR) is 109 cm³/mol. The number of nitrogens with zero attached hydrogens (tertiary/aromatic N) is 1. The summed E-state index contributed by atoms with van der Waals surface area (Å²) in [6.45, 7) is 0.281. The Bertz CT molecular complexity index is 598.